The number of likely N-dealkylation sites (N-methyl/N-ethyl adjacent to an activating group) is 1. The summed E-state index contributed by atoms with van der Waals surface area (Å²) in [5, 5.41) is 14.3. The molecule has 3 N–H and O–H groups in total. The van der Waals surface area contributed by atoms with Gasteiger partial charge in [-0.25, -0.2) is 9.59 Å². The van der Waals surface area contributed by atoms with Gasteiger partial charge in [0.15, 0.2) is 6.61 Å². The van der Waals surface area contributed by atoms with Crippen molar-refractivity contribution in [3.8, 4) is 5.75 Å². The molecule has 0 heterocycles. The van der Waals surface area contributed by atoms with Crippen molar-refractivity contribution in [2.75, 3.05) is 41.9 Å². The summed E-state index contributed by atoms with van der Waals surface area (Å²) in [6.07, 6.45) is 5.37. The molecule has 0 aliphatic heterocycles. The first-order valence-electron chi connectivity index (χ1n) is 14.0. The van der Waals surface area contributed by atoms with E-state index in [1.807, 2.05) is 30.3 Å². The van der Waals surface area contributed by atoms with E-state index in [1.54, 1.807) is 42.3 Å². The van der Waals surface area contributed by atoms with Gasteiger partial charge in [-0.1, -0.05) is 55.7 Å². The SMILES string of the molecule is CN(C(=O)COc1ccccc1N(CC1CCCCC1)C(=O)CNC(=O)Nc1cccc(C(=O)O)c1)c1ccccc1. The maximum Gasteiger partial charge on any atom is 0.335 e. The Morgan fingerprint density at radius 1 is 0.881 bits per heavy atom. The van der Waals surface area contributed by atoms with Crippen LogP contribution in [0.25, 0.3) is 0 Å². The molecule has 0 radical (unpaired) electrons. The number of anilines is 3. The van der Waals surface area contributed by atoms with Crippen molar-refractivity contribution < 1.29 is 29.0 Å². The molecule has 0 aromatic heterocycles. The molecule has 4 rings (SSSR count). The zero-order chi connectivity index (χ0) is 29.9. The molecule has 1 saturated carbocycles. The van der Waals surface area contributed by atoms with Crippen molar-refractivity contribution in [1.29, 1.82) is 0 Å². The number of nitrogens with one attached hydrogen (secondary N) is 2. The Kier molecular flexibility index (Phi) is 10.5. The van der Waals surface area contributed by atoms with Gasteiger partial charge in [0.05, 0.1) is 17.8 Å². The summed E-state index contributed by atoms with van der Waals surface area (Å²) in [4.78, 5) is 53.4. The first kappa shape index (κ1) is 30.1. The highest BCUT2D eigenvalue weighted by molar-refractivity contribution is 6.00. The van der Waals surface area contributed by atoms with Crippen LogP contribution < -0.4 is 25.2 Å². The van der Waals surface area contributed by atoms with Crippen LogP contribution in [0.4, 0.5) is 21.9 Å². The Morgan fingerprint density at radius 3 is 2.33 bits per heavy atom. The van der Waals surface area contributed by atoms with Crippen LogP contribution >= 0.6 is 0 Å². The molecule has 1 fully saturated rings. The summed E-state index contributed by atoms with van der Waals surface area (Å²) in [7, 11) is 1.68. The third kappa shape index (κ3) is 8.33. The minimum Gasteiger partial charge on any atom is -0.482 e. The van der Waals surface area contributed by atoms with Crippen molar-refractivity contribution in [2.45, 2.75) is 32.1 Å². The van der Waals surface area contributed by atoms with E-state index in [0.717, 1.165) is 31.4 Å². The molecule has 0 bridgehead atoms. The van der Waals surface area contributed by atoms with Crippen LogP contribution in [0.5, 0.6) is 5.75 Å². The van der Waals surface area contributed by atoms with Crippen LogP contribution in [-0.4, -0.2) is 55.7 Å². The lowest BCUT2D eigenvalue weighted by atomic mass is 9.89. The van der Waals surface area contributed by atoms with E-state index in [-0.39, 0.29) is 30.5 Å². The molecule has 3 aromatic rings. The average Bonchev–Trinajstić information content (AvgIpc) is 3.02. The van der Waals surface area contributed by atoms with Crippen LogP contribution in [0, 0.1) is 5.92 Å². The molecule has 4 amide bonds. The monoisotopic (exact) mass is 572 g/mol. The fourth-order valence-corrected chi connectivity index (χ4v) is 4.95. The van der Waals surface area contributed by atoms with E-state index < -0.39 is 12.0 Å². The van der Waals surface area contributed by atoms with Crippen molar-refractivity contribution in [3.05, 3.63) is 84.4 Å². The lowest BCUT2D eigenvalue weighted by Gasteiger charge is -2.31. The highest BCUT2D eigenvalue weighted by Crippen LogP contribution is 2.32. The summed E-state index contributed by atoms with van der Waals surface area (Å²) in [6, 6.07) is 21.5. The molecular formula is C32H36N4O6. The largest absolute Gasteiger partial charge is 0.482 e. The van der Waals surface area contributed by atoms with Crippen LogP contribution in [0.1, 0.15) is 42.5 Å². The molecule has 0 atom stereocenters. The quantitative estimate of drug-likeness (QED) is 0.291. The molecule has 3 aromatic carbocycles. The highest BCUT2D eigenvalue weighted by Gasteiger charge is 2.25. The minimum absolute atomic E-state index is 0.0348. The lowest BCUT2D eigenvalue weighted by molar-refractivity contribution is -0.120. The maximum atomic E-state index is 13.6. The Bertz CT molecular complexity index is 1390. The van der Waals surface area contributed by atoms with Gasteiger partial charge in [-0.05, 0) is 61.2 Å². The molecule has 42 heavy (non-hydrogen) atoms. The van der Waals surface area contributed by atoms with Crippen LogP contribution in [0.15, 0.2) is 78.9 Å². The summed E-state index contributed by atoms with van der Waals surface area (Å²) in [5.74, 6) is -0.993. The Labute approximate surface area is 245 Å². The van der Waals surface area contributed by atoms with E-state index in [1.165, 1.54) is 29.5 Å². The predicted molar refractivity (Wildman–Crippen MR) is 161 cm³/mol. The van der Waals surface area contributed by atoms with E-state index in [0.29, 0.717) is 29.6 Å². The molecular weight excluding hydrogens is 536 g/mol. The van der Waals surface area contributed by atoms with Gasteiger partial charge in [0.25, 0.3) is 5.91 Å². The second-order valence-electron chi connectivity index (χ2n) is 10.2. The summed E-state index contributed by atoms with van der Waals surface area (Å²) >= 11 is 0. The van der Waals surface area contributed by atoms with Crippen molar-refractivity contribution in [2.24, 2.45) is 5.92 Å². The number of hydrogen-bond acceptors (Lipinski definition) is 5. The minimum atomic E-state index is -1.11. The number of carboxylic acids is 1. The number of aromatic carboxylic acids is 1. The van der Waals surface area contributed by atoms with Gasteiger partial charge in [0.2, 0.25) is 5.91 Å². The number of carboxylic acid groups (broad SMARTS) is 1. The van der Waals surface area contributed by atoms with Crippen molar-refractivity contribution in [3.63, 3.8) is 0 Å². The Hall–Kier alpha value is -4.86. The van der Waals surface area contributed by atoms with Gasteiger partial charge in [-0.2, -0.15) is 0 Å². The van der Waals surface area contributed by atoms with Crippen LogP contribution in [0.3, 0.4) is 0 Å². The zero-order valence-electron chi connectivity index (χ0n) is 23.6. The maximum absolute atomic E-state index is 13.6. The topological polar surface area (TPSA) is 128 Å². The van der Waals surface area contributed by atoms with Crippen molar-refractivity contribution >= 4 is 40.9 Å². The number of urea groups is 1. The second-order valence-corrected chi connectivity index (χ2v) is 10.2. The van der Waals surface area contributed by atoms with Gasteiger partial charge in [0, 0.05) is 25.0 Å². The molecule has 10 nitrogen and oxygen atoms in total. The number of benzene rings is 3. The number of amides is 4. The zero-order valence-corrected chi connectivity index (χ0v) is 23.6. The molecule has 0 saturated heterocycles. The first-order chi connectivity index (χ1) is 20.3. The molecule has 0 spiro atoms. The molecule has 0 unspecified atom stereocenters. The second kappa shape index (κ2) is 14.7. The average molecular weight is 573 g/mol. The number of ether oxygens (including phenoxy) is 1. The third-order valence-corrected chi connectivity index (χ3v) is 7.26. The van der Waals surface area contributed by atoms with Crippen LogP contribution in [0.2, 0.25) is 0 Å². The molecule has 10 heteroatoms. The van der Waals surface area contributed by atoms with Crippen LogP contribution in [-0.2, 0) is 9.59 Å². The Balaban J connectivity index is 1.45. The number of nitrogens with zero attached hydrogens (tertiary/aromatic N) is 2. The molecule has 220 valence electrons. The normalized spacial score (nSPS) is 13.1. The standard InChI is InChI=1S/C32H36N4O6/c1-35(26-15-6-3-7-16-26)30(38)22-42-28-18-9-8-17-27(28)36(21-23-11-4-2-5-12-23)29(37)20-33-32(41)34-25-14-10-13-24(19-25)31(39)40/h3,6-10,13-19,23H,2,4-5,11-12,20-22H2,1H3,(H,39,40)(H2,33,34,41). The van der Waals surface area contributed by atoms with Gasteiger partial charge in [0.1, 0.15) is 5.75 Å². The summed E-state index contributed by atoms with van der Waals surface area (Å²) < 4.78 is 5.96. The Morgan fingerprint density at radius 2 is 1.60 bits per heavy atom. The molecule has 1 aliphatic carbocycles. The highest BCUT2D eigenvalue weighted by atomic mass is 16.5. The van der Waals surface area contributed by atoms with E-state index in [4.69, 9.17) is 4.74 Å². The third-order valence-electron chi connectivity index (χ3n) is 7.26. The van der Waals surface area contributed by atoms with E-state index in [9.17, 15) is 24.3 Å². The number of rotatable bonds is 11. The van der Waals surface area contributed by atoms with E-state index >= 15 is 0 Å². The summed E-state index contributed by atoms with van der Waals surface area (Å²) in [5.41, 5.74) is 1.60. The molecule has 1 aliphatic rings. The van der Waals surface area contributed by atoms with Gasteiger partial charge in [-0.15, -0.1) is 0 Å². The fourth-order valence-electron chi connectivity index (χ4n) is 4.95. The number of carbonyl (C=O) groups excluding carboxylic acids is 3. The van der Waals surface area contributed by atoms with E-state index in [2.05, 4.69) is 10.6 Å². The van der Waals surface area contributed by atoms with Crippen molar-refractivity contribution in [1.82, 2.24) is 5.32 Å². The van der Waals surface area contributed by atoms with Gasteiger partial charge >= 0.3 is 12.0 Å². The first-order valence-corrected chi connectivity index (χ1v) is 14.0. The van der Waals surface area contributed by atoms with Gasteiger partial charge in [-0.3, -0.25) is 9.59 Å². The fraction of sp³-hybridized carbons (Fsp3) is 0.312. The summed E-state index contributed by atoms with van der Waals surface area (Å²) in [6.45, 7) is -0.0495. The van der Waals surface area contributed by atoms with Gasteiger partial charge < -0.3 is 30.3 Å². The number of para-hydroxylation sites is 3. The number of carbonyl (C=O) groups is 4. The lowest BCUT2D eigenvalue weighted by Crippen LogP contribution is -2.44. The smallest absolute Gasteiger partial charge is 0.335 e. The predicted octanol–water partition coefficient (Wildman–Crippen LogP) is 5.16. The number of hydrogen-bond donors (Lipinski definition) is 3.